The van der Waals surface area contributed by atoms with Crippen LogP contribution in [0.1, 0.15) is 97.3 Å². The second kappa shape index (κ2) is 17.1. The smallest absolute Gasteiger partial charge is 0.219 e. The molecule has 0 fully saturated rings. The van der Waals surface area contributed by atoms with Crippen LogP contribution < -0.4 is 5.32 Å². The average molecular weight is 320 g/mol. The molecule has 0 aliphatic heterocycles. The van der Waals surface area contributed by atoms with Gasteiger partial charge in [0.15, 0.2) is 0 Å². The number of carbonyl (C=O) groups is 1. The first-order valence-electron chi connectivity index (χ1n) is 9.64. The van der Waals surface area contributed by atoms with Crippen molar-refractivity contribution in [3.63, 3.8) is 0 Å². The second-order valence-corrected chi connectivity index (χ2v) is 6.29. The van der Waals surface area contributed by atoms with Gasteiger partial charge in [0.1, 0.15) is 0 Å². The minimum atomic E-state index is 0.186. The van der Waals surface area contributed by atoms with Gasteiger partial charge in [0, 0.05) is 19.4 Å². The zero-order valence-electron chi connectivity index (χ0n) is 15.5. The highest BCUT2D eigenvalue weighted by Gasteiger charge is 1.98. The van der Waals surface area contributed by atoms with Gasteiger partial charge in [-0.2, -0.15) is 0 Å². The topological polar surface area (TPSA) is 29.1 Å². The van der Waals surface area contributed by atoms with Crippen LogP contribution in [-0.4, -0.2) is 12.5 Å². The van der Waals surface area contributed by atoms with Crippen LogP contribution in [0.4, 0.5) is 0 Å². The summed E-state index contributed by atoms with van der Waals surface area (Å²) in [6, 6.07) is 0. The summed E-state index contributed by atoms with van der Waals surface area (Å²) in [6.45, 7) is 8.99. The summed E-state index contributed by atoms with van der Waals surface area (Å²) < 4.78 is 0. The standard InChI is InChI=1S/C21H37NO/c1-4-6-7-8-9-11-14-17-20(3)18-15-12-10-13-16-19-21(23)22-5-2/h3-13,15-16,18-19H2,1-2H3,(H,22,23). The van der Waals surface area contributed by atoms with E-state index >= 15 is 0 Å². The van der Waals surface area contributed by atoms with Crippen molar-refractivity contribution in [3.05, 3.63) is 12.2 Å². The predicted molar refractivity (Wildman–Crippen MR) is 101 cm³/mol. The van der Waals surface area contributed by atoms with Crippen LogP contribution in [0.3, 0.4) is 0 Å². The van der Waals surface area contributed by atoms with E-state index in [0.717, 1.165) is 37.8 Å². The van der Waals surface area contributed by atoms with E-state index in [1.807, 2.05) is 6.92 Å². The van der Waals surface area contributed by atoms with Crippen LogP contribution in [0.5, 0.6) is 0 Å². The van der Waals surface area contributed by atoms with Gasteiger partial charge < -0.3 is 5.32 Å². The molecule has 0 heterocycles. The SMILES string of the molecule is C=C(C#CCCCCCCC)CCCCCCCC(=O)NCC. The molecule has 0 aromatic carbocycles. The van der Waals surface area contributed by atoms with E-state index in [1.54, 1.807) is 0 Å². The normalized spacial score (nSPS) is 10.0. The van der Waals surface area contributed by atoms with Gasteiger partial charge in [-0.3, -0.25) is 4.79 Å². The van der Waals surface area contributed by atoms with Crippen molar-refractivity contribution >= 4 is 5.91 Å². The molecule has 0 atom stereocenters. The quantitative estimate of drug-likeness (QED) is 0.319. The third kappa shape index (κ3) is 17.0. The van der Waals surface area contributed by atoms with Crippen molar-refractivity contribution in [1.29, 1.82) is 0 Å². The molecule has 132 valence electrons. The van der Waals surface area contributed by atoms with Gasteiger partial charge in [-0.15, -0.1) is 0 Å². The molecular weight excluding hydrogens is 282 g/mol. The van der Waals surface area contributed by atoms with Crippen LogP contribution in [0.25, 0.3) is 0 Å². The lowest BCUT2D eigenvalue weighted by Crippen LogP contribution is -2.21. The third-order valence-corrected chi connectivity index (χ3v) is 3.93. The van der Waals surface area contributed by atoms with Crippen LogP contribution >= 0.6 is 0 Å². The molecule has 0 aromatic rings. The second-order valence-electron chi connectivity index (χ2n) is 6.29. The first-order valence-corrected chi connectivity index (χ1v) is 9.64. The van der Waals surface area contributed by atoms with Gasteiger partial charge in [0.05, 0.1) is 0 Å². The average Bonchev–Trinajstić information content (AvgIpc) is 2.53. The monoisotopic (exact) mass is 319 g/mol. The van der Waals surface area contributed by atoms with E-state index in [0.29, 0.717) is 6.42 Å². The molecule has 2 heteroatoms. The molecule has 0 aromatic heterocycles. The Morgan fingerprint density at radius 3 is 2.17 bits per heavy atom. The fraction of sp³-hybridized carbons (Fsp3) is 0.762. The van der Waals surface area contributed by atoms with Gasteiger partial charge >= 0.3 is 0 Å². The Morgan fingerprint density at radius 1 is 0.870 bits per heavy atom. The van der Waals surface area contributed by atoms with Crippen molar-refractivity contribution in [2.24, 2.45) is 0 Å². The van der Waals surface area contributed by atoms with Gasteiger partial charge in [0.25, 0.3) is 0 Å². The van der Waals surface area contributed by atoms with E-state index < -0.39 is 0 Å². The van der Waals surface area contributed by atoms with Gasteiger partial charge in [0.2, 0.25) is 5.91 Å². The van der Waals surface area contributed by atoms with E-state index in [9.17, 15) is 4.79 Å². The van der Waals surface area contributed by atoms with Crippen molar-refractivity contribution in [1.82, 2.24) is 5.32 Å². The molecule has 0 unspecified atom stereocenters. The maximum atomic E-state index is 11.3. The lowest BCUT2D eigenvalue weighted by molar-refractivity contribution is -0.121. The van der Waals surface area contributed by atoms with Crippen LogP contribution in [0, 0.1) is 11.8 Å². The van der Waals surface area contributed by atoms with Crippen LogP contribution in [0.2, 0.25) is 0 Å². The number of hydrogen-bond acceptors (Lipinski definition) is 1. The number of hydrogen-bond donors (Lipinski definition) is 1. The Hall–Kier alpha value is -1.23. The Kier molecular flexibility index (Phi) is 16.2. The summed E-state index contributed by atoms with van der Waals surface area (Å²) in [5, 5.41) is 2.84. The molecule has 0 saturated heterocycles. The largest absolute Gasteiger partial charge is 0.356 e. The molecular formula is C21H37NO. The minimum absolute atomic E-state index is 0.186. The Balaban J connectivity index is 3.38. The van der Waals surface area contributed by atoms with Crippen molar-refractivity contribution in [2.45, 2.75) is 97.3 Å². The summed E-state index contributed by atoms with van der Waals surface area (Å²) >= 11 is 0. The number of amides is 1. The number of rotatable bonds is 14. The zero-order chi connectivity index (χ0) is 17.2. The molecule has 1 amide bonds. The Morgan fingerprint density at radius 2 is 1.48 bits per heavy atom. The van der Waals surface area contributed by atoms with Crippen molar-refractivity contribution in [3.8, 4) is 11.8 Å². The molecule has 0 saturated carbocycles. The maximum Gasteiger partial charge on any atom is 0.219 e. The van der Waals surface area contributed by atoms with Gasteiger partial charge in [-0.05, 0) is 38.2 Å². The minimum Gasteiger partial charge on any atom is -0.356 e. The number of carbonyl (C=O) groups excluding carboxylic acids is 1. The van der Waals surface area contributed by atoms with Gasteiger partial charge in [-0.1, -0.05) is 70.3 Å². The van der Waals surface area contributed by atoms with E-state index in [2.05, 4.69) is 30.7 Å². The summed E-state index contributed by atoms with van der Waals surface area (Å²) in [6.07, 6.45) is 15.0. The molecule has 0 aliphatic rings. The van der Waals surface area contributed by atoms with Gasteiger partial charge in [-0.25, -0.2) is 0 Å². The first kappa shape index (κ1) is 21.8. The molecule has 1 N–H and O–H groups in total. The Labute approximate surface area is 144 Å². The summed E-state index contributed by atoms with van der Waals surface area (Å²) in [4.78, 5) is 11.3. The summed E-state index contributed by atoms with van der Waals surface area (Å²) in [7, 11) is 0. The molecule has 0 bridgehead atoms. The highest BCUT2D eigenvalue weighted by molar-refractivity contribution is 5.75. The molecule has 23 heavy (non-hydrogen) atoms. The number of unbranched alkanes of at least 4 members (excludes halogenated alkanes) is 9. The van der Waals surface area contributed by atoms with Crippen molar-refractivity contribution in [2.75, 3.05) is 6.54 Å². The third-order valence-electron chi connectivity index (χ3n) is 3.93. The number of nitrogens with one attached hydrogen (secondary N) is 1. The molecule has 0 radical (unpaired) electrons. The van der Waals surface area contributed by atoms with E-state index in [4.69, 9.17) is 0 Å². The maximum absolute atomic E-state index is 11.3. The fourth-order valence-electron chi connectivity index (χ4n) is 2.51. The lowest BCUT2D eigenvalue weighted by atomic mass is 10.1. The predicted octanol–water partition coefficient (Wildman–Crippen LogP) is 5.77. The summed E-state index contributed by atoms with van der Waals surface area (Å²) in [5.74, 6) is 6.65. The van der Waals surface area contributed by atoms with E-state index in [1.165, 1.54) is 51.4 Å². The van der Waals surface area contributed by atoms with Crippen molar-refractivity contribution < 1.29 is 4.79 Å². The lowest BCUT2D eigenvalue weighted by Gasteiger charge is -2.02. The highest BCUT2D eigenvalue weighted by Crippen LogP contribution is 2.10. The number of allylic oxidation sites excluding steroid dienone is 1. The Bertz CT molecular complexity index is 362. The van der Waals surface area contributed by atoms with Crippen LogP contribution in [-0.2, 0) is 4.79 Å². The van der Waals surface area contributed by atoms with Crippen LogP contribution in [0.15, 0.2) is 12.2 Å². The van der Waals surface area contributed by atoms with E-state index in [-0.39, 0.29) is 5.91 Å². The first-order chi connectivity index (χ1) is 11.2. The molecule has 0 rings (SSSR count). The molecule has 0 spiro atoms. The fourth-order valence-corrected chi connectivity index (χ4v) is 2.51. The highest BCUT2D eigenvalue weighted by atomic mass is 16.1. The zero-order valence-corrected chi connectivity index (χ0v) is 15.5. The molecule has 2 nitrogen and oxygen atoms in total. The molecule has 0 aliphatic carbocycles. The summed E-state index contributed by atoms with van der Waals surface area (Å²) in [5.41, 5.74) is 1.08.